The Kier molecular flexibility index (Phi) is 4.37. The lowest BCUT2D eigenvalue weighted by Crippen LogP contribution is -2.47. The first-order valence-electron chi connectivity index (χ1n) is 7.65. The number of carboxylic acids is 1. The number of amides is 1. The van der Waals surface area contributed by atoms with E-state index in [1.165, 1.54) is 0 Å². The minimum atomic E-state index is -0.838. The van der Waals surface area contributed by atoms with E-state index in [-0.39, 0.29) is 17.9 Å². The lowest BCUT2D eigenvalue weighted by molar-refractivity contribution is -0.143. The van der Waals surface area contributed by atoms with Crippen molar-refractivity contribution in [2.24, 2.45) is 17.3 Å². The van der Waals surface area contributed by atoms with Crippen LogP contribution < -0.4 is 5.32 Å². The van der Waals surface area contributed by atoms with Gasteiger partial charge in [-0.3, -0.25) is 9.59 Å². The molecule has 0 aromatic carbocycles. The van der Waals surface area contributed by atoms with Crippen LogP contribution in [0.25, 0.3) is 0 Å². The second kappa shape index (κ2) is 5.72. The lowest BCUT2D eigenvalue weighted by atomic mass is 10.0. The van der Waals surface area contributed by atoms with Gasteiger partial charge in [0.05, 0.1) is 11.8 Å². The Bertz CT molecular complexity index is 389. The van der Waals surface area contributed by atoms with Crippen LogP contribution in [0.2, 0.25) is 0 Å². The summed E-state index contributed by atoms with van der Waals surface area (Å²) in [6.07, 6.45) is 2.85. The lowest BCUT2D eigenvalue weighted by Gasteiger charge is -2.35. The van der Waals surface area contributed by atoms with Crippen LogP contribution in [0.15, 0.2) is 0 Å². The monoisotopic (exact) mass is 282 g/mol. The summed E-state index contributed by atoms with van der Waals surface area (Å²) in [6.45, 7) is 8.46. The number of nitrogens with zero attached hydrogens (tertiary/aromatic N) is 1. The SMILES string of the molecule is CCCN(C(=O)[C@H]1[C@@H](C(=O)O)C1(C)C)C1CCNCC1. The molecule has 1 aliphatic heterocycles. The maximum absolute atomic E-state index is 12.8. The maximum Gasteiger partial charge on any atom is 0.307 e. The second-order valence-corrected chi connectivity index (χ2v) is 6.63. The zero-order valence-corrected chi connectivity index (χ0v) is 12.7. The number of aliphatic carboxylic acids is 1. The summed E-state index contributed by atoms with van der Waals surface area (Å²) in [7, 11) is 0. The predicted octanol–water partition coefficient (Wildman–Crippen LogP) is 1.33. The highest BCUT2D eigenvalue weighted by atomic mass is 16.4. The molecule has 5 nitrogen and oxygen atoms in total. The molecule has 1 aliphatic carbocycles. The van der Waals surface area contributed by atoms with E-state index < -0.39 is 17.3 Å². The largest absolute Gasteiger partial charge is 0.481 e. The van der Waals surface area contributed by atoms with E-state index in [9.17, 15) is 14.7 Å². The highest BCUT2D eigenvalue weighted by Gasteiger charge is 2.66. The van der Waals surface area contributed by atoms with Gasteiger partial charge in [-0.05, 0) is 37.8 Å². The van der Waals surface area contributed by atoms with Crippen molar-refractivity contribution < 1.29 is 14.7 Å². The average molecular weight is 282 g/mol. The Morgan fingerprint density at radius 1 is 1.25 bits per heavy atom. The topological polar surface area (TPSA) is 69.6 Å². The van der Waals surface area contributed by atoms with Gasteiger partial charge < -0.3 is 15.3 Å². The summed E-state index contributed by atoms with van der Waals surface area (Å²) in [6, 6.07) is 0.273. The molecular weight excluding hydrogens is 256 g/mol. The van der Waals surface area contributed by atoms with Gasteiger partial charge in [-0.25, -0.2) is 0 Å². The molecule has 114 valence electrons. The van der Waals surface area contributed by atoms with Gasteiger partial charge in [0.1, 0.15) is 0 Å². The number of carbonyl (C=O) groups excluding carboxylic acids is 1. The van der Waals surface area contributed by atoms with Crippen molar-refractivity contribution in [2.45, 2.75) is 46.1 Å². The molecule has 20 heavy (non-hydrogen) atoms. The maximum atomic E-state index is 12.8. The third kappa shape index (κ3) is 2.68. The van der Waals surface area contributed by atoms with Crippen LogP contribution in [0.5, 0.6) is 0 Å². The summed E-state index contributed by atoms with van der Waals surface area (Å²) < 4.78 is 0. The van der Waals surface area contributed by atoms with Crippen LogP contribution in [0, 0.1) is 17.3 Å². The Morgan fingerprint density at radius 2 is 1.85 bits per heavy atom. The molecule has 1 amide bonds. The first-order valence-corrected chi connectivity index (χ1v) is 7.65. The van der Waals surface area contributed by atoms with Gasteiger partial charge in [0, 0.05) is 12.6 Å². The van der Waals surface area contributed by atoms with Crippen molar-refractivity contribution in [1.29, 1.82) is 0 Å². The van der Waals surface area contributed by atoms with Crippen molar-refractivity contribution in [3.63, 3.8) is 0 Å². The highest BCUT2D eigenvalue weighted by molar-refractivity contribution is 5.91. The van der Waals surface area contributed by atoms with Gasteiger partial charge in [-0.2, -0.15) is 0 Å². The molecule has 2 rings (SSSR count). The smallest absolute Gasteiger partial charge is 0.307 e. The van der Waals surface area contributed by atoms with Crippen LogP contribution in [0.1, 0.15) is 40.0 Å². The van der Waals surface area contributed by atoms with Gasteiger partial charge in [0.25, 0.3) is 0 Å². The minimum Gasteiger partial charge on any atom is -0.481 e. The molecule has 0 radical (unpaired) electrons. The molecule has 5 heteroatoms. The zero-order valence-electron chi connectivity index (χ0n) is 12.7. The standard InChI is InChI=1S/C15H26N2O3/c1-4-9-17(10-5-7-16-8-6-10)13(18)11-12(14(19)20)15(11,2)3/h10-12,16H,4-9H2,1-3H3,(H,19,20)/t11-,12+/m1/s1. The Morgan fingerprint density at radius 3 is 2.30 bits per heavy atom. The second-order valence-electron chi connectivity index (χ2n) is 6.63. The molecule has 0 spiro atoms. The van der Waals surface area contributed by atoms with E-state index in [0.29, 0.717) is 0 Å². The minimum absolute atomic E-state index is 0.0520. The number of carbonyl (C=O) groups is 2. The number of carboxylic acid groups (broad SMARTS) is 1. The number of hydrogen-bond donors (Lipinski definition) is 2. The summed E-state index contributed by atoms with van der Waals surface area (Å²) >= 11 is 0. The van der Waals surface area contributed by atoms with Crippen molar-refractivity contribution >= 4 is 11.9 Å². The predicted molar refractivity (Wildman–Crippen MR) is 76.3 cm³/mol. The summed E-state index contributed by atoms with van der Waals surface area (Å²) in [5, 5.41) is 12.6. The zero-order chi connectivity index (χ0) is 14.9. The number of piperidine rings is 1. The van der Waals surface area contributed by atoms with Gasteiger partial charge in [0.15, 0.2) is 0 Å². The highest BCUT2D eigenvalue weighted by Crippen LogP contribution is 2.59. The van der Waals surface area contributed by atoms with Crippen LogP contribution >= 0.6 is 0 Å². The molecule has 0 aromatic rings. The molecule has 1 heterocycles. The molecule has 2 aliphatic rings. The molecule has 0 aromatic heterocycles. The Labute approximate surface area is 120 Å². The normalized spacial score (nSPS) is 28.9. The van der Waals surface area contributed by atoms with Crippen LogP contribution in [-0.2, 0) is 9.59 Å². The van der Waals surface area contributed by atoms with E-state index in [0.717, 1.165) is 38.9 Å². The molecule has 0 bridgehead atoms. The Hall–Kier alpha value is -1.10. The van der Waals surface area contributed by atoms with E-state index in [1.807, 2.05) is 18.7 Å². The van der Waals surface area contributed by atoms with Crippen molar-refractivity contribution in [3.05, 3.63) is 0 Å². The van der Waals surface area contributed by atoms with Gasteiger partial charge in [-0.15, -0.1) is 0 Å². The third-order valence-corrected chi connectivity index (χ3v) is 4.86. The molecular formula is C15H26N2O3. The first-order chi connectivity index (χ1) is 9.41. The van der Waals surface area contributed by atoms with Crippen molar-refractivity contribution in [3.8, 4) is 0 Å². The number of rotatable bonds is 5. The number of nitrogens with one attached hydrogen (secondary N) is 1. The fraction of sp³-hybridized carbons (Fsp3) is 0.867. The molecule has 0 unspecified atom stereocenters. The van der Waals surface area contributed by atoms with Crippen molar-refractivity contribution in [1.82, 2.24) is 10.2 Å². The third-order valence-electron chi connectivity index (χ3n) is 4.86. The van der Waals surface area contributed by atoms with E-state index in [4.69, 9.17) is 0 Å². The number of hydrogen-bond acceptors (Lipinski definition) is 3. The van der Waals surface area contributed by atoms with E-state index >= 15 is 0 Å². The van der Waals surface area contributed by atoms with Gasteiger partial charge in [0.2, 0.25) is 5.91 Å². The first kappa shape index (κ1) is 15.3. The van der Waals surface area contributed by atoms with Crippen molar-refractivity contribution in [2.75, 3.05) is 19.6 Å². The molecule has 2 N–H and O–H groups in total. The molecule has 1 saturated carbocycles. The summed E-state index contributed by atoms with van der Waals surface area (Å²) in [5.74, 6) is -1.65. The summed E-state index contributed by atoms with van der Waals surface area (Å²) in [4.78, 5) is 26.0. The fourth-order valence-electron chi connectivity index (χ4n) is 3.57. The van der Waals surface area contributed by atoms with Crippen LogP contribution in [0.4, 0.5) is 0 Å². The van der Waals surface area contributed by atoms with E-state index in [2.05, 4.69) is 12.2 Å². The quantitative estimate of drug-likeness (QED) is 0.798. The molecule has 1 saturated heterocycles. The van der Waals surface area contributed by atoms with Gasteiger partial charge in [-0.1, -0.05) is 20.8 Å². The Balaban J connectivity index is 2.09. The van der Waals surface area contributed by atoms with Crippen LogP contribution in [0.3, 0.4) is 0 Å². The van der Waals surface area contributed by atoms with E-state index in [1.54, 1.807) is 0 Å². The fourth-order valence-corrected chi connectivity index (χ4v) is 3.57. The average Bonchev–Trinajstić information content (AvgIpc) is 2.99. The van der Waals surface area contributed by atoms with Crippen LogP contribution in [-0.4, -0.2) is 47.6 Å². The van der Waals surface area contributed by atoms with Gasteiger partial charge >= 0.3 is 5.97 Å². The molecule has 2 fully saturated rings. The molecule has 2 atom stereocenters. The summed E-state index contributed by atoms with van der Waals surface area (Å²) in [5.41, 5.74) is -0.401.